The third-order valence-electron chi connectivity index (χ3n) is 1.98. The monoisotopic (exact) mass is 112 g/mol. The summed E-state index contributed by atoms with van der Waals surface area (Å²) in [6, 6.07) is 0. The van der Waals surface area contributed by atoms with E-state index in [0.717, 1.165) is 0 Å². The highest BCUT2D eigenvalue weighted by molar-refractivity contribution is 5.04. The van der Waals surface area contributed by atoms with Crippen molar-refractivity contribution in [2.24, 2.45) is 11.8 Å². The molecule has 0 aliphatic heterocycles. The van der Waals surface area contributed by atoms with Crippen LogP contribution in [0.25, 0.3) is 0 Å². The van der Waals surface area contributed by atoms with E-state index in [-0.39, 0.29) is 6.10 Å². The smallest absolute Gasteiger partial charge is 0.0752 e. The highest BCUT2D eigenvalue weighted by Crippen LogP contribution is 2.23. The normalized spacial score (nSPS) is 45.6. The van der Waals surface area contributed by atoms with E-state index in [1.54, 1.807) is 0 Å². The van der Waals surface area contributed by atoms with E-state index in [2.05, 4.69) is 19.9 Å². The van der Waals surface area contributed by atoms with Crippen LogP contribution in [0.3, 0.4) is 0 Å². The van der Waals surface area contributed by atoms with Crippen molar-refractivity contribution in [2.45, 2.75) is 20.0 Å². The van der Waals surface area contributed by atoms with Gasteiger partial charge >= 0.3 is 0 Å². The molecule has 0 radical (unpaired) electrons. The SMILES string of the molecule is C[C@@H]1[C@H](C)C=C[C@H]1O. The first-order valence-corrected chi connectivity index (χ1v) is 3.08. The van der Waals surface area contributed by atoms with Crippen molar-refractivity contribution < 1.29 is 5.11 Å². The lowest BCUT2D eigenvalue weighted by molar-refractivity contribution is 0.157. The van der Waals surface area contributed by atoms with Crippen molar-refractivity contribution in [3.63, 3.8) is 0 Å². The second-order valence-corrected chi connectivity index (χ2v) is 2.59. The first-order valence-electron chi connectivity index (χ1n) is 3.08. The van der Waals surface area contributed by atoms with E-state index in [1.165, 1.54) is 0 Å². The maximum atomic E-state index is 9.08. The predicted molar refractivity (Wildman–Crippen MR) is 33.5 cm³/mol. The van der Waals surface area contributed by atoms with E-state index in [0.29, 0.717) is 11.8 Å². The van der Waals surface area contributed by atoms with Crippen molar-refractivity contribution in [1.82, 2.24) is 0 Å². The van der Waals surface area contributed by atoms with Crippen LogP contribution in [0.15, 0.2) is 12.2 Å². The van der Waals surface area contributed by atoms with Crippen LogP contribution in [-0.4, -0.2) is 11.2 Å². The number of aliphatic hydroxyl groups excluding tert-OH is 1. The molecule has 0 spiro atoms. The van der Waals surface area contributed by atoms with E-state index in [1.807, 2.05) is 6.08 Å². The summed E-state index contributed by atoms with van der Waals surface area (Å²) in [6.45, 7) is 4.19. The molecule has 8 heavy (non-hydrogen) atoms. The van der Waals surface area contributed by atoms with Crippen LogP contribution < -0.4 is 0 Å². The largest absolute Gasteiger partial charge is 0.389 e. The summed E-state index contributed by atoms with van der Waals surface area (Å²) in [5.74, 6) is 0.986. The summed E-state index contributed by atoms with van der Waals surface area (Å²) < 4.78 is 0. The molecule has 0 bridgehead atoms. The van der Waals surface area contributed by atoms with Gasteiger partial charge in [-0.1, -0.05) is 26.0 Å². The summed E-state index contributed by atoms with van der Waals surface area (Å²) in [6.07, 6.45) is 3.75. The molecule has 1 aliphatic rings. The maximum absolute atomic E-state index is 9.08. The molecule has 0 unspecified atom stereocenters. The standard InChI is InChI=1S/C7H12O/c1-5-3-4-7(8)6(5)2/h3-8H,1-2H3/t5-,6-,7-/m1/s1. The van der Waals surface area contributed by atoms with Gasteiger partial charge in [0, 0.05) is 0 Å². The fourth-order valence-electron chi connectivity index (χ4n) is 0.951. The second-order valence-electron chi connectivity index (χ2n) is 2.59. The van der Waals surface area contributed by atoms with Gasteiger partial charge in [-0.15, -0.1) is 0 Å². The first-order chi connectivity index (χ1) is 3.72. The van der Waals surface area contributed by atoms with E-state index >= 15 is 0 Å². The molecular weight excluding hydrogens is 100 g/mol. The molecule has 1 nitrogen and oxygen atoms in total. The van der Waals surface area contributed by atoms with Gasteiger partial charge in [0.25, 0.3) is 0 Å². The van der Waals surface area contributed by atoms with Crippen LogP contribution in [0.5, 0.6) is 0 Å². The molecular formula is C7H12O. The Bertz CT molecular complexity index is 95.0. The van der Waals surface area contributed by atoms with Gasteiger partial charge in [-0.2, -0.15) is 0 Å². The van der Waals surface area contributed by atoms with Crippen LogP contribution >= 0.6 is 0 Å². The van der Waals surface area contributed by atoms with E-state index < -0.39 is 0 Å². The van der Waals surface area contributed by atoms with Gasteiger partial charge in [0.1, 0.15) is 0 Å². The van der Waals surface area contributed by atoms with Crippen LogP contribution in [0.2, 0.25) is 0 Å². The highest BCUT2D eigenvalue weighted by Gasteiger charge is 2.21. The Morgan fingerprint density at radius 3 is 2.00 bits per heavy atom. The topological polar surface area (TPSA) is 20.2 Å². The van der Waals surface area contributed by atoms with E-state index in [4.69, 9.17) is 5.11 Å². The molecule has 0 saturated heterocycles. The van der Waals surface area contributed by atoms with Crippen molar-refractivity contribution in [1.29, 1.82) is 0 Å². The van der Waals surface area contributed by atoms with Gasteiger partial charge in [0.05, 0.1) is 6.10 Å². The van der Waals surface area contributed by atoms with Crippen LogP contribution in [0.1, 0.15) is 13.8 Å². The summed E-state index contributed by atoms with van der Waals surface area (Å²) in [4.78, 5) is 0. The zero-order chi connectivity index (χ0) is 6.15. The minimum absolute atomic E-state index is 0.190. The Kier molecular flexibility index (Phi) is 1.39. The van der Waals surface area contributed by atoms with Gasteiger partial charge in [-0.25, -0.2) is 0 Å². The summed E-state index contributed by atoms with van der Waals surface area (Å²) in [7, 11) is 0. The lowest BCUT2D eigenvalue weighted by Crippen LogP contribution is -2.13. The number of allylic oxidation sites excluding steroid dienone is 1. The Labute approximate surface area is 50.0 Å². The molecule has 1 aliphatic carbocycles. The Hall–Kier alpha value is -0.300. The lowest BCUT2D eigenvalue weighted by Gasteiger charge is -2.11. The number of hydrogen-bond donors (Lipinski definition) is 1. The molecule has 3 atom stereocenters. The predicted octanol–water partition coefficient (Wildman–Crippen LogP) is 1.19. The van der Waals surface area contributed by atoms with Crippen molar-refractivity contribution >= 4 is 0 Å². The number of hydrogen-bond acceptors (Lipinski definition) is 1. The molecule has 0 saturated carbocycles. The molecule has 46 valence electrons. The van der Waals surface area contributed by atoms with Gasteiger partial charge in [0.15, 0.2) is 0 Å². The maximum Gasteiger partial charge on any atom is 0.0752 e. The van der Waals surface area contributed by atoms with Gasteiger partial charge < -0.3 is 5.11 Å². The third kappa shape index (κ3) is 0.781. The number of rotatable bonds is 0. The molecule has 0 heterocycles. The zero-order valence-corrected chi connectivity index (χ0v) is 5.33. The average Bonchev–Trinajstić information content (AvgIpc) is 1.98. The molecule has 0 fully saturated rings. The van der Waals surface area contributed by atoms with Crippen LogP contribution in [0.4, 0.5) is 0 Å². The van der Waals surface area contributed by atoms with Gasteiger partial charge in [-0.05, 0) is 11.8 Å². The zero-order valence-electron chi connectivity index (χ0n) is 5.33. The van der Waals surface area contributed by atoms with Crippen molar-refractivity contribution in [3.05, 3.63) is 12.2 Å². The van der Waals surface area contributed by atoms with Crippen molar-refractivity contribution in [3.8, 4) is 0 Å². The Morgan fingerprint density at radius 1 is 1.25 bits per heavy atom. The molecule has 0 aromatic heterocycles. The fraction of sp³-hybridized carbons (Fsp3) is 0.714. The Balaban J connectivity index is 2.55. The fourth-order valence-corrected chi connectivity index (χ4v) is 0.951. The minimum Gasteiger partial charge on any atom is -0.389 e. The van der Waals surface area contributed by atoms with Crippen LogP contribution in [0, 0.1) is 11.8 Å². The van der Waals surface area contributed by atoms with Gasteiger partial charge in [-0.3, -0.25) is 0 Å². The lowest BCUT2D eigenvalue weighted by atomic mass is 9.98. The van der Waals surface area contributed by atoms with Crippen molar-refractivity contribution in [2.75, 3.05) is 0 Å². The molecule has 0 aromatic carbocycles. The molecule has 1 N–H and O–H groups in total. The molecule has 0 aromatic rings. The third-order valence-corrected chi connectivity index (χ3v) is 1.98. The average molecular weight is 112 g/mol. The van der Waals surface area contributed by atoms with E-state index in [9.17, 15) is 0 Å². The van der Waals surface area contributed by atoms with Crippen LogP contribution in [-0.2, 0) is 0 Å². The quantitative estimate of drug-likeness (QED) is 0.467. The number of aliphatic hydroxyl groups is 1. The Morgan fingerprint density at radius 2 is 1.88 bits per heavy atom. The van der Waals surface area contributed by atoms with Gasteiger partial charge in [0.2, 0.25) is 0 Å². The first kappa shape index (κ1) is 5.83. The second kappa shape index (κ2) is 1.90. The summed E-state index contributed by atoms with van der Waals surface area (Å²) in [5, 5.41) is 9.08. The summed E-state index contributed by atoms with van der Waals surface area (Å²) >= 11 is 0. The minimum atomic E-state index is -0.190. The highest BCUT2D eigenvalue weighted by atomic mass is 16.3. The molecule has 0 amide bonds. The summed E-state index contributed by atoms with van der Waals surface area (Å²) in [5.41, 5.74) is 0. The molecule has 1 rings (SSSR count). The molecule has 1 heteroatoms.